The van der Waals surface area contributed by atoms with Crippen molar-refractivity contribution in [2.45, 2.75) is 162 Å². The van der Waals surface area contributed by atoms with Crippen molar-refractivity contribution in [2.75, 3.05) is 0 Å². The Morgan fingerprint density at radius 1 is 0.892 bits per heavy atom. The fourth-order valence-corrected chi connectivity index (χ4v) is 6.33. The third kappa shape index (κ3) is 9.04. The summed E-state index contributed by atoms with van der Waals surface area (Å²) >= 11 is 0. The Morgan fingerprint density at radius 3 is 1.92 bits per heavy atom. The van der Waals surface area contributed by atoms with Crippen molar-refractivity contribution in [1.82, 2.24) is 0 Å². The molecular formula is C32H56O4Si. The summed E-state index contributed by atoms with van der Waals surface area (Å²) in [5, 5.41) is 8.86. The molecule has 0 aromatic heterocycles. The number of carbonyl (C=O) groups is 1. The van der Waals surface area contributed by atoms with Crippen LogP contribution in [0, 0.1) is 20.8 Å². The number of unbranched alkanes of at least 4 members (excludes halogenated alkanes) is 9. The minimum Gasteiger partial charge on any atom is -0.543 e. The van der Waals surface area contributed by atoms with E-state index in [1.807, 2.05) is 0 Å². The second-order valence-corrected chi connectivity index (χ2v) is 18.1. The monoisotopic (exact) mass is 532 g/mol. The number of hydrogen-bond acceptors (Lipinski definition) is 3. The van der Waals surface area contributed by atoms with E-state index in [0.717, 1.165) is 43.6 Å². The molecule has 4 nitrogen and oxygen atoms in total. The van der Waals surface area contributed by atoms with Crippen molar-refractivity contribution in [1.29, 1.82) is 0 Å². The molecule has 2 rings (SSSR count). The highest BCUT2D eigenvalue weighted by Crippen LogP contribution is 2.47. The number of rotatable bonds is 15. The van der Waals surface area contributed by atoms with Crippen molar-refractivity contribution in [3.63, 3.8) is 0 Å². The molecule has 0 aliphatic carbocycles. The van der Waals surface area contributed by atoms with Crippen LogP contribution in [0.3, 0.4) is 0 Å². The van der Waals surface area contributed by atoms with Crippen LogP contribution in [0.2, 0.25) is 18.1 Å². The number of aliphatic carboxylic acids is 1. The summed E-state index contributed by atoms with van der Waals surface area (Å²) in [7, 11) is -1.91. The van der Waals surface area contributed by atoms with E-state index >= 15 is 0 Å². The maximum atomic E-state index is 10.5. The molecule has 0 fully saturated rings. The summed E-state index contributed by atoms with van der Waals surface area (Å²) in [4.78, 5) is 10.5. The molecule has 0 unspecified atom stereocenters. The first kappa shape index (κ1) is 31.7. The van der Waals surface area contributed by atoms with E-state index in [-0.39, 0.29) is 10.6 Å². The zero-order valence-corrected chi connectivity index (χ0v) is 26.6. The predicted molar refractivity (Wildman–Crippen MR) is 159 cm³/mol. The van der Waals surface area contributed by atoms with Gasteiger partial charge in [0.1, 0.15) is 17.1 Å². The van der Waals surface area contributed by atoms with Gasteiger partial charge < -0.3 is 14.3 Å². The van der Waals surface area contributed by atoms with Crippen molar-refractivity contribution in [2.24, 2.45) is 0 Å². The Balaban J connectivity index is 1.82. The van der Waals surface area contributed by atoms with E-state index in [9.17, 15) is 4.79 Å². The standard InChI is InChI=1S/C32H56O4Si/c1-24-25(2)30-27(26(3)29(24)36-37(8,9)31(4,5)6)21-23-32(7,35-30)22-19-17-15-13-11-10-12-14-16-18-20-28(33)34/h10-23H2,1-9H3,(H,33,34)/t32-/m1/s1. The van der Waals surface area contributed by atoms with Crippen LogP contribution in [0.1, 0.15) is 133 Å². The van der Waals surface area contributed by atoms with E-state index in [1.54, 1.807) is 0 Å². The van der Waals surface area contributed by atoms with Crippen LogP contribution < -0.4 is 9.16 Å². The van der Waals surface area contributed by atoms with Gasteiger partial charge in [-0.3, -0.25) is 4.79 Å². The Bertz CT molecular complexity index is 899. The number of carboxylic acid groups (broad SMARTS) is 1. The predicted octanol–water partition coefficient (Wildman–Crippen LogP) is 9.85. The lowest BCUT2D eigenvalue weighted by atomic mass is 9.84. The smallest absolute Gasteiger partial charge is 0.303 e. The number of fused-ring (bicyclic) bond motifs is 1. The van der Waals surface area contributed by atoms with Gasteiger partial charge in [0.2, 0.25) is 0 Å². The number of ether oxygens (including phenoxy) is 1. The Kier molecular flexibility index (Phi) is 11.6. The molecule has 37 heavy (non-hydrogen) atoms. The molecule has 0 saturated carbocycles. The van der Waals surface area contributed by atoms with Crippen molar-refractivity contribution < 1.29 is 19.1 Å². The fraction of sp³-hybridized carbons (Fsp3) is 0.781. The lowest BCUT2D eigenvalue weighted by Crippen LogP contribution is -2.44. The van der Waals surface area contributed by atoms with Crippen LogP contribution in [0.15, 0.2) is 0 Å². The van der Waals surface area contributed by atoms with Crippen molar-refractivity contribution >= 4 is 14.3 Å². The molecule has 1 atom stereocenters. The minimum absolute atomic E-state index is 0.0750. The highest BCUT2D eigenvalue weighted by atomic mass is 28.4. The summed E-state index contributed by atoms with van der Waals surface area (Å²) < 4.78 is 13.6. The van der Waals surface area contributed by atoms with Gasteiger partial charge in [-0.1, -0.05) is 72.1 Å². The van der Waals surface area contributed by atoms with E-state index in [2.05, 4.69) is 61.6 Å². The third-order valence-corrected chi connectivity index (χ3v) is 13.4. The molecule has 1 aliphatic rings. The van der Waals surface area contributed by atoms with Gasteiger partial charge in [0.05, 0.1) is 0 Å². The Hall–Kier alpha value is -1.49. The SMILES string of the molecule is Cc1c(C)c2c(c(C)c1O[Si](C)(C)C(C)(C)C)CC[C@@](C)(CCCCCCCCCCCCC(=O)O)O2. The molecule has 1 aromatic rings. The highest BCUT2D eigenvalue weighted by molar-refractivity contribution is 6.74. The van der Waals surface area contributed by atoms with Crippen LogP contribution in [-0.2, 0) is 11.2 Å². The zero-order valence-electron chi connectivity index (χ0n) is 25.6. The van der Waals surface area contributed by atoms with Crippen LogP contribution >= 0.6 is 0 Å². The number of hydrogen-bond donors (Lipinski definition) is 1. The summed E-state index contributed by atoms with van der Waals surface area (Å²) in [6.07, 6.45) is 15.6. The highest BCUT2D eigenvalue weighted by Gasteiger charge is 2.41. The maximum Gasteiger partial charge on any atom is 0.303 e. The van der Waals surface area contributed by atoms with Crippen LogP contribution in [0.25, 0.3) is 0 Å². The lowest BCUT2D eigenvalue weighted by Gasteiger charge is -2.41. The lowest BCUT2D eigenvalue weighted by molar-refractivity contribution is -0.137. The molecular weight excluding hydrogens is 476 g/mol. The van der Waals surface area contributed by atoms with Crippen LogP contribution in [0.5, 0.6) is 11.5 Å². The first-order valence-corrected chi connectivity index (χ1v) is 17.8. The normalized spacial score (nSPS) is 17.9. The van der Waals surface area contributed by atoms with Crippen molar-refractivity contribution in [3.8, 4) is 11.5 Å². The third-order valence-electron chi connectivity index (χ3n) is 9.07. The van der Waals surface area contributed by atoms with Gasteiger partial charge in [-0.2, -0.15) is 0 Å². The van der Waals surface area contributed by atoms with Gasteiger partial charge in [0, 0.05) is 12.0 Å². The molecule has 0 bridgehead atoms. The molecule has 1 aromatic carbocycles. The molecule has 0 amide bonds. The van der Waals surface area contributed by atoms with E-state index in [0.29, 0.717) is 6.42 Å². The summed E-state index contributed by atoms with van der Waals surface area (Å²) in [6.45, 7) is 20.5. The Labute approximate surface area is 229 Å². The molecule has 1 heterocycles. The second-order valence-electron chi connectivity index (χ2n) is 13.4. The molecule has 212 valence electrons. The van der Waals surface area contributed by atoms with Gasteiger partial charge in [0.25, 0.3) is 8.32 Å². The molecule has 1 N–H and O–H groups in total. The largest absolute Gasteiger partial charge is 0.543 e. The molecule has 0 spiro atoms. The summed E-state index contributed by atoms with van der Waals surface area (Å²) in [6, 6.07) is 0. The summed E-state index contributed by atoms with van der Waals surface area (Å²) in [5.74, 6) is 1.56. The average Bonchev–Trinajstić information content (AvgIpc) is 2.80. The number of benzene rings is 1. The molecule has 1 aliphatic heterocycles. The van der Waals surface area contributed by atoms with Gasteiger partial charge in [-0.25, -0.2) is 0 Å². The van der Waals surface area contributed by atoms with E-state index < -0.39 is 14.3 Å². The summed E-state index contributed by atoms with van der Waals surface area (Å²) in [5.41, 5.74) is 5.06. The second kappa shape index (κ2) is 13.5. The maximum absolute atomic E-state index is 10.5. The molecule has 5 heteroatoms. The first-order valence-electron chi connectivity index (χ1n) is 14.9. The van der Waals surface area contributed by atoms with Crippen molar-refractivity contribution in [3.05, 3.63) is 22.3 Å². The van der Waals surface area contributed by atoms with E-state index in [4.69, 9.17) is 14.3 Å². The van der Waals surface area contributed by atoms with Crippen LogP contribution in [-0.4, -0.2) is 25.0 Å². The Morgan fingerprint density at radius 2 is 1.41 bits per heavy atom. The number of carboxylic acids is 1. The van der Waals surface area contributed by atoms with Crippen LogP contribution in [0.4, 0.5) is 0 Å². The topological polar surface area (TPSA) is 55.8 Å². The van der Waals surface area contributed by atoms with Gasteiger partial charge in [0.15, 0.2) is 0 Å². The van der Waals surface area contributed by atoms with Gasteiger partial charge >= 0.3 is 5.97 Å². The zero-order chi connectivity index (χ0) is 27.9. The first-order chi connectivity index (χ1) is 17.2. The fourth-order valence-electron chi connectivity index (χ4n) is 5.21. The molecule has 0 saturated heterocycles. The van der Waals surface area contributed by atoms with Gasteiger partial charge in [-0.15, -0.1) is 0 Å². The van der Waals surface area contributed by atoms with Gasteiger partial charge in [-0.05, 0) is 94.6 Å². The quantitative estimate of drug-likeness (QED) is 0.180. The van der Waals surface area contributed by atoms with E-state index in [1.165, 1.54) is 73.6 Å². The average molecular weight is 533 g/mol. The minimum atomic E-state index is -1.91. The molecule has 0 radical (unpaired) electrons.